The number of benzene rings is 1. The number of hydrazone groups is 1. The van der Waals surface area contributed by atoms with E-state index in [1.807, 2.05) is 30.3 Å². The Bertz CT molecular complexity index is 244. The maximum Gasteiger partial charge on any atom is 0.161 e. The topological polar surface area (TPSA) is 24.4 Å². The maximum absolute atomic E-state index is 5.29. The highest BCUT2D eigenvalue weighted by Gasteiger charge is 1.84. The molecule has 2 nitrogen and oxygen atoms in total. The van der Waals surface area contributed by atoms with Gasteiger partial charge in [0.05, 0.1) is 10.8 Å². The highest BCUT2D eigenvalue weighted by molar-refractivity contribution is 6.92. The zero-order valence-corrected chi connectivity index (χ0v) is 6.55. The molecule has 0 aliphatic heterocycles. The quantitative estimate of drug-likeness (QED) is 0.402. The van der Waals surface area contributed by atoms with Gasteiger partial charge in [0.1, 0.15) is 0 Å². The normalized spacial score (nSPS) is 11.2. The molecule has 0 fully saturated rings. The van der Waals surface area contributed by atoms with Crippen molar-refractivity contribution < 1.29 is 0 Å². The molecule has 0 saturated carbocycles. The van der Waals surface area contributed by atoms with Crippen LogP contribution in [0.1, 0.15) is 0 Å². The fourth-order valence-corrected chi connectivity index (χ4v) is 0.673. The summed E-state index contributed by atoms with van der Waals surface area (Å²) in [4.78, 5) is 0. The van der Waals surface area contributed by atoms with Gasteiger partial charge in [-0.1, -0.05) is 29.8 Å². The van der Waals surface area contributed by atoms with E-state index in [0.29, 0.717) is 0 Å². The first-order valence-corrected chi connectivity index (χ1v) is 3.46. The minimum Gasteiger partial charge on any atom is -0.278 e. The summed E-state index contributed by atoms with van der Waals surface area (Å²) in [5.41, 5.74) is 3.53. The summed E-state index contributed by atoms with van der Waals surface area (Å²) in [6.45, 7) is 0. The standard InChI is InChI=1S/C7H6BClN2/c8-7(9)11-10-6-4-2-1-3-5-6/h1-5,10H/b11-7+. The molecular formula is C7H6BClN2. The van der Waals surface area contributed by atoms with Crippen molar-refractivity contribution in [3.8, 4) is 0 Å². The molecule has 0 aliphatic carbocycles. The van der Waals surface area contributed by atoms with E-state index in [0.717, 1.165) is 5.69 Å². The van der Waals surface area contributed by atoms with Crippen molar-refractivity contribution in [1.82, 2.24) is 0 Å². The molecular weight excluding hydrogens is 158 g/mol. The lowest BCUT2D eigenvalue weighted by atomic mass is 10.2. The molecule has 1 aromatic carbocycles. The summed E-state index contributed by atoms with van der Waals surface area (Å²) in [7, 11) is 5.09. The third kappa shape index (κ3) is 3.09. The average Bonchev–Trinajstić information content (AvgIpc) is 2.03. The Balaban J connectivity index is 2.59. The Kier molecular flexibility index (Phi) is 2.99. The second-order valence-corrected chi connectivity index (χ2v) is 2.30. The largest absolute Gasteiger partial charge is 0.278 e. The summed E-state index contributed by atoms with van der Waals surface area (Å²) < 4.78 is 0. The van der Waals surface area contributed by atoms with E-state index < -0.39 is 0 Å². The second kappa shape index (κ2) is 4.03. The predicted molar refractivity (Wildman–Crippen MR) is 49.1 cm³/mol. The molecule has 4 heteroatoms. The molecule has 1 aromatic rings. The summed E-state index contributed by atoms with van der Waals surface area (Å²) >= 11 is 5.29. The van der Waals surface area contributed by atoms with Gasteiger partial charge in [-0.05, 0) is 12.1 Å². The number of anilines is 1. The smallest absolute Gasteiger partial charge is 0.161 e. The number of nitrogens with zero attached hydrogens (tertiary/aromatic N) is 1. The van der Waals surface area contributed by atoms with Crippen LogP contribution in [0.15, 0.2) is 35.4 Å². The zero-order chi connectivity index (χ0) is 8.10. The number of halogens is 1. The van der Waals surface area contributed by atoms with Crippen LogP contribution in [0.4, 0.5) is 5.69 Å². The van der Waals surface area contributed by atoms with Crippen LogP contribution in [0, 0.1) is 0 Å². The molecule has 0 spiro atoms. The average molecular weight is 164 g/mol. The van der Waals surface area contributed by atoms with Gasteiger partial charge in [-0.15, -0.1) is 0 Å². The van der Waals surface area contributed by atoms with Gasteiger partial charge in [0.25, 0.3) is 0 Å². The molecule has 0 unspecified atom stereocenters. The Hall–Kier alpha value is -0.955. The molecule has 1 N–H and O–H groups in total. The first-order valence-electron chi connectivity index (χ1n) is 3.09. The van der Waals surface area contributed by atoms with Crippen molar-refractivity contribution in [2.24, 2.45) is 5.10 Å². The minimum absolute atomic E-state index is 0.00569. The first kappa shape index (κ1) is 8.14. The van der Waals surface area contributed by atoms with Crippen molar-refractivity contribution in [3.05, 3.63) is 30.3 Å². The Labute approximate surface area is 71.7 Å². The molecule has 2 radical (unpaired) electrons. The van der Waals surface area contributed by atoms with Crippen LogP contribution < -0.4 is 5.43 Å². The monoisotopic (exact) mass is 164 g/mol. The molecule has 0 bridgehead atoms. The number of rotatable bonds is 2. The third-order valence-electron chi connectivity index (χ3n) is 1.07. The van der Waals surface area contributed by atoms with E-state index >= 15 is 0 Å². The van der Waals surface area contributed by atoms with E-state index in [-0.39, 0.29) is 5.07 Å². The Morgan fingerprint density at radius 2 is 2.00 bits per heavy atom. The van der Waals surface area contributed by atoms with Crippen LogP contribution in [0.3, 0.4) is 0 Å². The van der Waals surface area contributed by atoms with E-state index in [9.17, 15) is 0 Å². The van der Waals surface area contributed by atoms with Crippen molar-refractivity contribution >= 4 is 30.2 Å². The molecule has 0 aromatic heterocycles. The van der Waals surface area contributed by atoms with E-state index in [1.54, 1.807) is 0 Å². The summed E-state index contributed by atoms with van der Waals surface area (Å²) in [5.74, 6) is 0. The van der Waals surface area contributed by atoms with Gasteiger partial charge in [-0.2, -0.15) is 5.10 Å². The molecule has 1 rings (SSSR count). The number of para-hydroxylation sites is 1. The fraction of sp³-hybridized carbons (Fsp3) is 0. The van der Waals surface area contributed by atoms with Crippen LogP contribution in [0.5, 0.6) is 0 Å². The number of hydrogen-bond acceptors (Lipinski definition) is 2. The van der Waals surface area contributed by atoms with E-state index in [2.05, 4.69) is 10.5 Å². The van der Waals surface area contributed by atoms with Gasteiger partial charge >= 0.3 is 0 Å². The molecule has 0 aliphatic rings. The summed E-state index contributed by atoms with van der Waals surface area (Å²) in [5, 5.41) is 3.60. The van der Waals surface area contributed by atoms with Gasteiger partial charge in [0.2, 0.25) is 0 Å². The van der Waals surface area contributed by atoms with Crippen molar-refractivity contribution in [1.29, 1.82) is 0 Å². The minimum atomic E-state index is -0.00569. The molecule has 0 atom stereocenters. The second-order valence-electron chi connectivity index (χ2n) is 1.91. The van der Waals surface area contributed by atoms with Gasteiger partial charge in [-0.25, -0.2) is 0 Å². The van der Waals surface area contributed by atoms with Crippen molar-refractivity contribution in [2.75, 3.05) is 5.43 Å². The van der Waals surface area contributed by atoms with Crippen LogP contribution in [0.2, 0.25) is 0 Å². The van der Waals surface area contributed by atoms with Crippen LogP contribution in [-0.2, 0) is 0 Å². The molecule has 0 amide bonds. The van der Waals surface area contributed by atoms with Crippen LogP contribution in [-0.4, -0.2) is 12.9 Å². The molecule has 54 valence electrons. The lowest BCUT2D eigenvalue weighted by molar-refractivity contribution is 1.36. The van der Waals surface area contributed by atoms with E-state index in [1.165, 1.54) is 0 Å². The highest BCUT2D eigenvalue weighted by atomic mass is 35.5. The third-order valence-corrected chi connectivity index (χ3v) is 1.15. The van der Waals surface area contributed by atoms with Gasteiger partial charge < -0.3 is 0 Å². The molecule has 11 heavy (non-hydrogen) atoms. The van der Waals surface area contributed by atoms with E-state index in [4.69, 9.17) is 19.4 Å². The van der Waals surface area contributed by atoms with Gasteiger partial charge in [0, 0.05) is 0 Å². The van der Waals surface area contributed by atoms with Gasteiger partial charge in [-0.3, -0.25) is 5.43 Å². The van der Waals surface area contributed by atoms with Crippen molar-refractivity contribution in [3.63, 3.8) is 0 Å². The number of nitrogens with one attached hydrogen (secondary N) is 1. The first-order chi connectivity index (χ1) is 5.29. The lowest BCUT2D eigenvalue weighted by Gasteiger charge is -1.97. The zero-order valence-electron chi connectivity index (χ0n) is 5.79. The Morgan fingerprint density at radius 3 is 2.55 bits per heavy atom. The predicted octanol–water partition coefficient (Wildman–Crippen LogP) is 1.78. The number of hydrogen-bond donors (Lipinski definition) is 1. The van der Waals surface area contributed by atoms with Gasteiger partial charge in [0.15, 0.2) is 7.85 Å². The highest BCUT2D eigenvalue weighted by Crippen LogP contribution is 2.04. The fourth-order valence-electron chi connectivity index (χ4n) is 0.631. The van der Waals surface area contributed by atoms with Crippen LogP contribution in [0.25, 0.3) is 0 Å². The van der Waals surface area contributed by atoms with Crippen LogP contribution >= 0.6 is 11.6 Å². The molecule has 0 saturated heterocycles. The summed E-state index contributed by atoms with van der Waals surface area (Å²) in [6.07, 6.45) is 0. The Morgan fingerprint density at radius 1 is 1.36 bits per heavy atom. The molecule has 0 heterocycles. The maximum atomic E-state index is 5.29. The SMILES string of the molecule is [B]/C(Cl)=N\Nc1ccccc1. The lowest BCUT2D eigenvalue weighted by Crippen LogP contribution is -1.93. The summed E-state index contributed by atoms with van der Waals surface area (Å²) in [6, 6.07) is 9.43. The van der Waals surface area contributed by atoms with Crippen molar-refractivity contribution in [2.45, 2.75) is 0 Å².